The monoisotopic (exact) mass is 514 g/mol. The zero-order chi connectivity index (χ0) is 22.9. The molecule has 3 aromatic carbocycles. The van der Waals surface area contributed by atoms with Gasteiger partial charge in [0.2, 0.25) is 10.0 Å². The summed E-state index contributed by atoms with van der Waals surface area (Å²) in [5.74, 6) is -0.396. The number of aromatic nitrogens is 2. The number of nitrogens with one attached hydrogen (secondary N) is 3. The molecule has 32 heavy (non-hydrogen) atoms. The van der Waals surface area contributed by atoms with E-state index in [2.05, 4.69) is 31.0 Å². The van der Waals surface area contributed by atoms with Crippen LogP contribution in [0.2, 0.25) is 0 Å². The van der Waals surface area contributed by atoms with Crippen LogP contribution in [0.4, 0.5) is 11.4 Å². The average molecular weight is 515 g/mol. The molecule has 0 saturated carbocycles. The minimum absolute atomic E-state index is 0.259. The van der Waals surface area contributed by atoms with E-state index in [4.69, 9.17) is 0 Å². The van der Waals surface area contributed by atoms with Crippen LogP contribution in [0.5, 0.6) is 0 Å². The van der Waals surface area contributed by atoms with E-state index in [1.807, 2.05) is 30.3 Å². The van der Waals surface area contributed by atoms with Gasteiger partial charge in [0.1, 0.15) is 0 Å². The minimum atomic E-state index is -3.46. The Balaban J connectivity index is 1.59. The van der Waals surface area contributed by atoms with Gasteiger partial charge in [-0.15, -0.1) is 0 Å². The Morgan fingerprint density at radius 1 is 1.03 bits per heavy atom. The molecule has 1 heterocycles. The normalized spacial score (nSPS) is 11.4. The quantitative estimate of drug-likeness (QED) is 0.363. The van der Waals surface area contributed by atoms with Gasteiger partial charge >= 0.3 is 5.69 Å². The van der Waals surface area contributed by atoms with E-state index < -0.39 is 15.9 Å². The van der Waals surface area contributed by atoms with Gasteiger partial charge in [-0.3, -0.25) is 14.1 Å². The number of halogens is 1. The number of sulfonamides is 1. The summed E-state index contributed by atoms with van der Waals surface area (Å²) < 4.78 is 27.6. The number of aromatic amines is 1. The first-order valence-electron chi connectivity index (χ1n) is 9.54. The number of nitrogens with zero attached hydrogens (tertiary/aromatic N) is 1. The maximum Gasteiger partial charge on any atom is 0.326 e. The highest BCUT2D eigenvalue weighted by atomic mass is 79.9. The highest BCUT2D eigenvalue weighted by Gasteiger charge is 2.13. The second-order valence-electron chi connectivity index (χ2n) is 7.29. The Labute approximate surface area is 192 Å². The lowest BCUT2D eigenvalue weighted by molar-refractivity contribution is 0.102. The third-order valence-corrected chi connectivity index (χ3v) is 5.74. The van der Waals surface area contributed by atoms with E-state index in [0.717, 1.165) is 11.8 Å². The molecule has 0 fully saturated rings. The van der Waals surface area contributed by atoms with Gasteiger partial charge in [0.25, 0.3) is 5.91 Å². The zero-order valence-corrected chi connectivity index (χ0v) is 19.3. The first kappa shape index (κ1) is 21.8. The van der Waals surface area contributed by atoms with Crippen LogP contribution in [0.3, 0.4) is 0 Å². The first-order chi connectivity index (χ1) is 15.2. The molecule has 0 aliphatic heterocycles. The molecule has 0 aliphatic carbocycles. The molecule has 4 aromatic rings. The number of hydrogen-bond acceptors (Lipinski definition) is 4. The standard InChI is InChI=1S/C22H19BrN4O4S/c1-32(30,31)26-18-11-16(23)10-17(12-18)24-21(28)15-7-8-20-19(9-15)25-22(29)27(20)13-14-5-3-2-4-6-14/h2-12,26H,13H2,1H3,(H,24,28)(H,25,29). The summed E-state index contributed by atoms with van der Waals surface area (Å²) in [7, 11) is -3.46. The number of anilines is 2. The fourth-order valence-corrected chi connectivity index (χ4v) is 4.41. The van der Waals surface area contributed by atoms with Crippen LogP contribution >= 0.6 is 15.9 Å². The Morgan fingerprint density at radius 3 is 2.47 bits per heavy atom. The number of rotatable bonds is 6. The van der Waals surface area contributed by atoms with Gasteiger partial charge in [0, 0.05) is 15.7 Å². The third kappa shape index (κ3) is 5.09. The highest BCUT2D eigenvalue weighted by molar-refractivity contribution is 9.10. The molecule has 0 saturated heterocycles. The second kappa shape index (κ2) is 8.64. The van der Waals surface area contributed by atoms with Crippen molar-refractivity contribution in [2.45, 2.75) is 6.54 Å². The summed E-state index contributed by atoms with van der Waals surface area (Å²) in [6.07, 6.45) is 1.05. The number of carbonyl (C=O) groups excluding carboxylic acids is 1. The van der Waals surface area contributed by atoms with Crippen molar-refractivity contribution in [3.8, 4) is 0 Å². The summed E-state index contributed by atoms with van der Waals surface area (Å²) in [4.78, 5) is 28.0. The molecule has 3 N–H and O–H groups in total. The first-order valence-corrected chi connectivity index (χ1v) is 12.2. The smallest absolute Gasteiger partial charge is 0.322 e. The predicted molar refractivity (Wildman–Crippen MR) is 129 cm³/mol. The van der Waals surface area contributed by atoms with Crippen LogP contribution in [0.15, 0.2) is 76.0 Å². The van der Waals surface area contributed by atoms with Crippen molar-refractivity contribution in [3.63, 3.8) is 0 Å². The van der Waals surface area contributed by atoms with Gasteiger partial charge in [-0.1, -0.05) is 46.3 Å². The number of amides is 1. The number of imidazole rings is 1. The molecule has 0 unspecified atom stereocenters. The van der Waals surface area contributed by atoms with Gasteiger partial charge in [0.15, 0.2) is 0 Å². The Kier molecular flexibility index (Phi) is 5.90. The maximum atomic E-state index is 12.8. The van der Waals surface area contributed by atoms with Crippen LogP contribution < -0.4 is 15.7 Å². The number of H-pyrrole nitrogens is 1. The Bertz CT molecular complexity index is 1480. The van der Waals surface area contributed by atoms with Gasteiger partial charge in [-0.2, -0.15) is 0 Å². The molecule has 164 valence electrons. The number of hydrogen-bond donors (Lipinski definition) is 3. The summed E-state index contributed by atoms with van der Waals surface area (Å²) in [6, 6.07) is 19.4. The molecule has 1 aromatic heterocycles. The fourth-order valence-electron chi connectivity index (χ4n) is 3.37. The molecular weight excluding hydrogens is 496 g/mol. The SMILES string of the molecule is CS(=O)(=O)Nc1cc(Br)cc(NC(=O)c2ccc3c(c2)[nH]c(=O)n3Cc2ccccc2)c1. The van der Waals surface area contributed by atoms with Crippen LogP contribution in [0, 0.1) is 0 Å². The van der Waals surface area contributed by atoms with E-state index in [1.54, 1.807) is 34.9 Å². The van der Waals surface area contributed by atoms with Crippen molar-refractivity contribution in [1.82, 2.24) is 9.55 Å². The minimum Gasteiger partial charge on any atom is -0.322 e. The average Bonchev–Trinajstić information content (AvgIpc) is 3.01. The summed E-state index contributed by atoms with van der Waals surface area (Å²) in [5.41, 5.74) is 3.05. The van der Waals surface area contributed by atoms with Crippen molar-refractivity contribution < 1.29 is 13.2 Å². The lowest BCUT2D eigenvalue weighted by Gasteiger charge is -2.10. The largest absolute Gasteiger partial charge is 0.326 e. The predicted octanol–water partition coefficient (Wildman–Crippen LogP) is 3.76. The fraction of sp³-hybridized carbons (Fsp3) is 0.0909. The summed E-state index contributed by atoms with van der Waals surface area (Å²) >= 11 is 3.31. The molecule has 0 bridgehead atoms. The van der Waals surface area contributed by atoms with E-state index in [1.165, 1.54) is 6.07 Å². The summed E-state index contributed by atoms with van der Waals surface area (Å²) in [6.45, 7) is 0.416. The van der Waals surface area contributed by atoms with Crippen LogP contribution in [0.25, 0.3) is 11.0 Å². The molecule has 0 aliphatic rings. The number of fused-ring (bicyclic) bond motifs is 1. The van der Waals surface area contributed by atoms with Gasteiger partial charge in [-0.25, -0.2) is 13.2 Å². The van der Waals surface area contributed by atoms with Crippen molar-refractivity contribution in [3.05, 3.63) is 92.8 Å². The molecule has 1 amide bonds. The Morgan fingerprint density at radius 2 is 1.75 bits per heavy atom. The lowest BCUT2D eigenvalue weighted by atomic mass is 10.1. The van der Waals surface area contributed by atoms with Crippen molar-refractivity contribution in [2.75, 3.05) is 16.3 Å². The van der Waals surface area contributed by atoms with E-state index in [-0.39, 0.29) is 5.69 Å². The van der Waals surface area contributed by atoms with Gasteiger partial charge in [0.05, 0.1) is 29.5 Å². The molecular formula is C22H19BrN4O4S. The molecule has 0 atom stereocenters. The van der Waals surface area contributed by atoms with Crippen molar-refractivity contribution >= 4 is 54.3 Å². The van der Waals surface area contributed by atoms with Gasteiger partial charge < -0.3 is 10.3 Å². The highest BCUT2D eigenvalue weighted by Crippen LogP contribution is 2.24. The lowest BCUT2D eigenvalue weighted by Crippen LogP contribution is -2.17. The molecule has 0 spiro atoms. The molecule has 8 nitrogen and oxygen atoms in total. The third-order valence-electron chi connectivity index (χ3n) is 4.68. The Hall–Kier alpha value is -3.37. The topological polar surface area (TPSA) is 113 Å². The van der Waals surface area contributed by atoms with E-state index in [0.29, 0.717) is 39.0 Å². The van der Waals surface area contributed by atoms with Crippen molar-refractivity contribution in [2.24, 2.45) is 0 Å². The molecule has 0 radical (unpaired) electrons. The summed E-state index contributed by atoms with van der Waals surface area (Å²) in [5, 5.41) is 2.75. The van der Waals surface area contributed by atoms with Gasteiger partial charge in [-0.05, 0) is 42.0 Å². The number of benzene rings is 3. The molecule has 10 heteroatoms. The number of carbonyl (C=O) groups is 1. The van der Waals surface area contributed by atoms with Crippen LogP contribution in [-0.4, -0.2) is 30.1 Å². The van der Waals surface area contributed by atoms with Crippen LogP contribution in [-0.2, 0) is 16.6 Å². The zero-order valence-electron chi connectivity index (χ0n) is 16.9. The van der Waals surface area contributed by atoms with E-state index >= 15 is 0 Å². The maximum absolute atomic E-state index is 12.8. The molecule has 4 rings (SSSR count). The van der Waals surface area contributed by atoms with Crippen molar-refractivity contribution in [1.29, 1.82) is 0 Å². The second-order valence-corrected chi connectivity index (χ2v) is 9.95. The van der Waals surface area contributed by atoms with E-state index in [9.17, 15) is 18.0 Å². The van der Waals surface area contributed by atoms with Crippen LogP contribution in [0.1, 0.15) is 15.9 Å².